The fourth-order valence-corrected chi connectivity index (χ4v) is 2.69. The van der Waals surface area contributed by atoms with Crippen LogP contribution in [-0.2, 0) is 9.47 Å². The van der Waals surface area contributed by atoms with Gasteiger partial charge in [-0.2, -0.15) is 0 Å². The van der Waals surface area contributed by atoms with Crippen LogP contribution >= 0.6 is 11.3 Å². The second kappa shape index (κ2) is 6.35. The largest absolute Gasteiger partial charge is 0.381 e. The van der Waals surface area contributed by atoms with Gasteiger partial charge in [0.2, 0.25) is 0 Å². The van der Waals surface area contributed by atoms with E-state index in [-0.39, 0.29) is 6.10 Å². The van der Waals surface area contributed by atoms with E-state index < -0.39 is 0 Å². The van der Waals surface area contributed by atoms with Crippen LogP contribution in [-0.4, -0.2) is 26.4 Å². The second-order valence-electron chi connectivity index (χ2n) is 4.13. The molecule has 0 saturated carbocycles. The van der Waals surface area contributed by atoms with Crippen molar-refractivity contribution in [3.8, 4) is 0 Å². The average molecular weight is 241 g/mol. The van der Waals surface area contributed by atoms with Gasteiger partial charge in [-0.05, 0) is 30.2 Å². The molecule has 1 fully saturated rings. The first kappa shape index (κ1) is 12.0. The molecule has 1 unspecified atom stereocenters. The topological polar surface area (TPSA) is 44.5 Å². The van der Waals surface area contributed by atoms with Crippen molar-refractivity contribution in [1.82, 2.24) is 0 Å². The van der Waals surface area contributed by atoms with Crippen molar-refractivity contribution in [2.45, 2.75) is 18.9 Å². The molecule has 16 heavy (non-hydrogen) atoms. The Kier molecular flexibility index (Phi) is 4.78. The van der Waals surface area contributed by atoms with Crippen LogP contribution in [0.3, 0.4) is 0 Å². The molecule has 4 heteroatoms. The zero-order chi connectivity index (χ0) is 11.2. The molecular formula is C12H19NO2S. The second-order valence-corrected chi connectivity index (χ2v) is 5.11. The van der Waals surface area contributed by atoms with Gasteiger partial charge in [0.1, 0.15) is 6.10 Å². The molecule has 1 aliphatic rings. The standard InChI is InChI=1S/C12H19NO2S/c13-8-11(12-2-1-7-16-12)15-9-10-3-5-14-6-4-10/h1-2,7,10-11H,3-6,8-9,13H2. The predicted octanol–water partition coefficient (Wildman–Crippen LogP) is 2.19. The van der Waals surface area contributed by atoms with Gasteiger partial charge in [0, 0.05) is 24.6 Å². The molecule has 1 aromatic rings. The molecule has 1 saturated heterocycles. The minimum atomic E-state index is 0.0721. The lowest BCUT2D eigenvalue weighted by atomic mass is 10.0. The minimum absolute atomic E-state index is 0.0721. The van der Waals surface area contributed by atoms with Crippen LogP contribution in [0.25, 0.3) is 0 Å². The molecule has 0 spiro atoms. The molecular weight excluding hydrogens is 222 g/mol. The molecule has 0 aliphatic carbocycles. The third-order valence-electron chi connectivity index (χ3n) is 2.95. The number of hydrogen-bond acceptors (Lipinski definition) is 4. The van der Waals surface area contributed by atoms with E-state index in [0.717, 1.165) is 32.7 Å². The fourth-order valence-electron chi connectivity index (χ4n) is 1.91. The summed E-state index contributed by atoms with van der Waals surface area (Å²) in [7, 11) is 0. The SMILES string of the molecule is NCC(OCC1CCOCC1)c1cccs1. The summed E-state index contributed by atoms with van der Waals surface area (Å²) in [5, 5.41) is 2.07. The lowest BCUT2D eigenvalue weighted by Crippen LogP contribution is -2.23. The van der Waals surface area contributed by atoms with Crippen molar-refractivity contribution >= 4 is 11.3 Å². The average Bonchev–Trinajstić information content (AvgIpc) is 2.85. The molecule has 2 rings (SSSR count). The van der Waals surface area contributed by atoms with E-state index >= 15 is 0 Å². The van der Waals surface area contributed by atoms with Crippen molar-refractivity contribution in [3.63, 3.8) is 0 Å². The monoisotopic (exact) mass is 241 g/mol. The summed E-state index contributed by atoms with van der Waals surface area (Å²) >= 11 is 1.71. The highest BCUT2D eigenvalue weighted by Crippen LogP contribution is 2.24. The zero-order valence-electron chi connectivity index (χ0n) is 9.43. The maximum atomic E-state index is 5.90. The third kappa shape index (κ3) is 3.28. The van der Waals surface area contributed by atoms with Gasteiger partial charge in [-0.15, -0.1) is 11.3 Å². The van der Waals surface area contributed by atoms with Crippen LogP contribution in [0.2, 0.25) is 0 Å². The van der Waals surface area contributed by atoms with Crippen molar-refractivity contribution in [3.05, 3.63) is 22.4 Å². The summed E-state index contributed by atoms with van der Waals surface area (Å²) in [5.41, 5.74) is 5.74. The molecule has 3 nitrogen and oxygen atoms in total. The number of ether oxygens (including phenoxy) is 2. The van der Waals surface area contributed by atoms with Crippen LogP contribution in [0.5, 0.6) is 0 Å². The van der Waals surface area contributed by atoms with E-state index in [1.807, 2.05) is 6.07 Å². The number of nitrogens with two attached hydrogens (primary N) is 1. The Labute approximate surface area is 101 Å². The molecule has 0 amide bonds. The number of thiophene rings is 1. The van der Waals surface area contributed by atoms with Gasteiger partial charge >= 0.3 is 0 Å². The Balaban J connectivity index is 1.78. The van der Waals surface area contributed by atoms with Crippen LogP contribution < -0.4 is 5.73 Å². The van der Waals surface area contributed by atoms with Gasteiger partial charge in [0.15, 0.2) is 0 Å². The van der Waals surface area contributed by atoms with Crippen molar-refractivity contribution in [2.75, 3.05) is 26.4 Å². The van der Waals surface area contributed by atoms with Crippen molar-refractivity contribution < 1.29 is 9.47 Å². The van der Waals surface area contributed by atoms with Gasteiger partial charge in [-0.1, -0.05) is 6.07 Å². The summed E-state index contributed by atoms with van der Waals surface area (Å²) in [6, 6.07) is 4.13. The highest BCUT2D eigenvalue weighted by molar-refractivity contribution is 7.10. The van der Waals surface area contributed by atoms with Crippen LogP contribution in [0.15, 0.2) is 17.5 Å². The fraction of sp³-hybridized carbons (Fsp3) is 0.667. The van der Waals surface area contributed by atoms with Gasteiger partial charge in [-0.25, -0.2) is 0 Å². The normalized spacial score (nSPS) is 19.8. The Morgan fingerprint density at radius 3 is 2.94 bits per heavy atom. The summed E-state index contributed by atoms with van der Waals surface area (Å²) in [6.07, 6.45) is 2.30. The highest BCUT2D eigenvalue weighted by atomic mass is 32.1. The summed E-state index contributed by atoms with van der Waals surface area (Å²) < 4.78 is 11.2. The van der Waals surface area contributed by atoms with Gasteiger partial charge in [0.25, 0.3) is 0 Å². The summed E-state index contributed by atoms with van der Waals surface area (Å²) in [5.74, 6) is 0.641. The molecule has 1 aromatic heterocycles. The number of hydrogen-bond donors (Lipinski definition) is 1. The van der Waals surface area contributed by atoms with Gasteiger partial charge in [0.05, 0.1) is 6.61 Å². The maximum absolute atomic E-state index is 5.90. The molecule has 1 atom stereocenters. The minimum Gasteiger partial charge on any atom is -0.381 e. The van der Waals surface area contributed by atoms with E-state index in [1.54, 1.807) is 11.3 Å². The smallest absolute Gasteiger partial charge is 0.104 e. The first-order valence-corrected chi connectivity index (χ1v) is 6.71. The molecule has 0 bridgehead atoms. The van der Waals surface area contributed by atoms with E-state index in [1.165, 1.54) is 4.88 Å². The lowest BCUT2D eigenvalue weighted by molar-refractivity contribution is -0.00761. The van der Waals surface area contributed by atoms with E-state index in [4.69, 9.17) is 15.2 Å². The molecule has 1 aliphatic heterocycles. The van der Waals surface area contributed by atoms with Crippen molar-refractivity contribution in [2.24, 2.45) is 11.7 Å². The molecule has 0 radical (unpaired) electrons. The first-order chi connectivity index (χ1) is 7.90. The Bertz CT molecular complexity index is 283. The number of rotatable bonds is 5. The van der Waals surface area contributed by atoms with Crippen LogP contribution in [0, 0.1) is 5.92 Å². The Hall–Kier alpha value is -0.420. The third-order valence-corrected chi connectivity index (χ3v) is 3.91. The first-order valence-electron chi connectivity index (χ1n) is 5.83. The molecule has 90 valence electrons. The van der Waals surface area contributed by atoms with E-state index in [2.05, 4.69) is 11.4 Å². The van der Waals surface area contributed by atoms with E-state index in [0.29, 0.717) is 12.5 Å². The highest BCUT2D eigenvalue weighted by Gasteiger charge is 2.17. The van der Waals surface area contributed by atoms with Crippen LogP contribution in [0.1, 0.15) is 23.8 Å². The molecule has 2 N–H and O–H groups in total. The Morgan fingerprint density at radius 2 is 2.31 bits per heavy atom. The van der Waals surface area contributed by atoms with E-state index in [9.17, 15) is 0 Å². The van der Waals surface area contributed by atoms with Crippen molar-refractivity contribution in [1.29, 1.82) is 0 Å². The molecule has 0 aromatic carbocycles. The summed E-state index contributed by atoms with van der Waals surface area (Å²) in [4.78, 5) is 1.23. The quantitative estimate of drug-likeness (QED) is 0.859. The molecule has 2 heterocycles. The Morgan fingerprint density at radius 1 is 1.50 bits per heavy atom. The van der Waals surface area contributed by atoms with Gasteiger partial charge < -0.3 is 15.2 Å². The lowest BCUT2D eigenvalue weighted by Gasteiger charge is -2.24. The van der Waals surface area contributed by atoms with Gasteiger partial charge in [-0.3, -0.25) is 0 Å². The maximum Gasteiger partial charge on any atom is 0.104 e. The zero-order valence-corrected chi connectivity index (χ0v) is 10.2. The summed E-state index contributed by atoms with van der Waals surface area (Å²) in [6.45, 7) is 3.12. The van der Waals surface area contributed by atoms with Crippen LogP contribution in [0.4, 0.5) is 0 Å². The predicted molar refractivity (Wildman–Crippen MR) is 65.6 cm³/mol.